The summed E-state index contributed by atoms with van der Waals surface area (Å²) >= 11 is 5.81. The number of carbonyl (C=O) groups excluding carboxylic acids is 1. The minimum atomic E-state index is -0.402. The smallest absolute Gasteiger partial charge is 0.232 e. The molecule has 0 N–H and O–H groups in total. The molecule has 1 aliphatic rings. The maximum absolute atomic E-state index is 11.7. The zero-order chi connectivity index (χ0) is 10.7. The van der Waals surface area contributed by atoms with Crippen LogP contribution in [0.2, 0.25) is 0 Å². The van der Waals surface area contributed by atoms with Gasteiger partial charge >= 0.3 is 0 Å². The molecule has 0 saturated heterocycles. The van der Waals surface area contributed by atoms with Crippen LogP contribution in [0.4, 0.5) is 0 Å². The molecule has 2 heteroatoms. The number of rotatable bonds is 2. The number of benzene rings is 1. The van der Waals surface area contributed by atoms with E-state index in [4.69, 9.17) is 11.6 Å². The Hall–Kier alpha value is -0.820. The third kappa shape index (κ3) is 1.93. The summed E-state index contributed by atoms with van der Waals surface area (Å²) in [6.45, 7) is 0. The van der Waals surface area contributed by atoms with Crippen LogP contribution in [0.3, 0.4) is 0 Å². The van der Waals surface area contributed by atoms with Crippen molar-refractivity contribution in [3.63, 3.8) is 0 Å². The van der Waals surface area contributed by atoms with Crippen LogP contribution in [0.15, 0.2) is 30.3 Å². The van der Waals surface area contributed by atoms with Gasteiger partial charge in [0.1, 0.15) is 0 Å². The molecule has 0 spiro atoms. The highest BCUT2D eigenvalue weighted by atomic mass is 35.5. The van der Waals surface area contributed by atoms with E-state index in [9.17, 15) is 4.79 Å². The topological polar surface area (TPSA) is 17.1 Å². The van der Waals surface area contributed by atoms with E-state index in [1.165, 1.54) is 6.42 Å². The maximum Gasteiger partial charge on any atom is 0.232 e. The first-order valence-electron chi connectivity index (χ1n) is 5.51. The van der Waals surface area contributed by atoms with E-state index < -0.39 is 5.41 Å². The van der Waals surface area contributed by atoms with E-state index in [-0.39, 0.29) is 5.24 Å². The number of hydrogen-bond donors (Lipinski definition) is 0. The quantitative estimate of drug-likeness (QED) is 0.698. The first-order valence-corrected chi connectivity index (χ1v) is 5.89. The summed E-state index contributed by atoms with van der Waals surface area (Å²) in [6.07, 6.45) is 5.23. The van der Waals surface area contributed by atoms with Crippen LogP contribution in [-0.4, -0.2) is 5.24 Å². The van der Waals surface area contributed by atoms with Crippen molar-refractivity contribution in [2.45, 2.75) is 37.5 Å². The second-order valence-electron chi connectivity index (χ2n) is 4.28. The average molecular weight is 223 g/mol. The van der Waals surface area contributed by atoms with Gasteiger partial charge in [-0.25, -0.2) is 0 Å². The monoisotopic (exact) mass is 222 g/mol. The Balaban J connectivity index is 2.38. The molecule has 1 saturated carbocycles. The Morgan fingerprint density at radius 3 is 2.20 bits per heavy atom. The SMILES string of the molecule is O=C(Cl)C1(c2ccccc2)CCCCC1. The summed E-state index contributed by atoms with van der Waals surface area (Å²) < 4.78 is 0. The van der Waals surface area contributed by atoms with E-state index in [0.717, 1.165) is 31.2 Å². The predicted octanol–water partition coefficient (Wildman–Crippen LogP) is 3.65. The van der Waals surface area contributed by atoms with Crippen molar-refractivity contribution in [3.05, 3.63) is 35.9 Å². The van der Waals surface area contributed by atoms with Gasteiger partial charge in [0.25, 0.3) is 0 Å². The molecule has 1 fully saturated rings. The van der Waals surface area contributed by atoms with Crippen molar-refractivity contribution in [1.82, 2.24) is 0 Å². The van der Waals surface area contributed by atoms with E-state index in [1.807, 2.05) is 30.3 Å². The molecule has 0 heterocycles. The zero-order valence-electron chi connectivity index (χ0n) is 8.71. The minimum absolute atomic E-state index is 0.187. The predicted molar refractivity (Wildman–Crippen MR) is 62.1 cm³/mol. The fourth-order valence-corrected chi connectivity index (χ4v) is 2.81. The Labute approximate surface area is 95.4 Å². The van der Waals surface area contributed by atoms with Gasteiger partial charge in [-0.3, -0.25) is 4.79 Å². The summed E-state index contributed by atoms with van der Waals surface area (Å²) in [4.78, 5) is 11.7. The van der Waals surface area contributed by atoms with Crippen LogP contribution in [0.5, 0.6) is 0 Å². The molecule has 80 valence electrons. The van der Waals surface area contributed by atoms with Gasteiger partial charge in [-0.15, -0.1) is 0 Å². The molecular formula is C13H15ClO. The molecule has 0 radical (unpaired) electrons. The Kier molecular flexibility index (Phi) is 3.11. The second kappa shape index (κ2) is 4.36. The van der Waals surface area contributed by atoms with Gasteiger partial charge in [0.15, 0.2) is 0 Å². The van der Waals surface area contributed by atoms with Crippen LogP contribution >= 0.6 is 11.6 Å². The van der Waals surface area contributed by atoms with Gasteiger partial charge in [0.2, 0.25) is 5.24 Å². The van der Waals surface area contributed by atoms with E-state index in [0.29, 0.717) is 0 Å². The lowest BCUT2D eigenvalue weighted by Gasteiger charge is -2.34. The summed E-state index contributed by atoms with van der Waals surface area (Å²) in [7, 11) is 0. The molecule has 1 nitrogen and oxygen atoms in total. The molecule has 0 unspecified atom stereocenters. The van der Waals surface area contributed by atoms with Gasteiger partial charge < -0.3 is 0 Å². The summed E-state index contributed by atoms with van der Waals surface area (Å²) in [5.74, 6) is 0. The highest BCUT2D eigenvalue weighted by Crippen LogP contribution is 2.41. The standard InChI is InChI=1S/C13H15ClO/c14-12(15)13(9-5-2-6-10-13)11-7-3-1-4-8-11/h1,3-4,7-8H,2,5-6,9-10H2. The molecule has 0 aromatic heterocycles. The molecular weight excluding hydrogens is 208 g/mol. The van der Waals surface area contributed by atoms with Crippen molar-refractivity contribution in [3.8, 4) is 0 Å². The van der Waals surface area contributed by atoms with Gasteiger partial charge in [0, 0.05) is 0 Å². The summed E-state index contributed by atoms with van der Waals surface area (Å²) in [5.41, 5.74) is 0.686. The summed E-state index contributed by atoms with van der Waals surface area (Å²) in [5, 5.41) is -0.187. The van der Waals surface area contributed by atoms with E-state index in [2.05, 4.69) is 0 Å². The first-order chi connectivity index (χ1) is 7.26. The fraction of sp³-hybridized carbons (Fsp3) is 0.462. The number of carbonyl (C=O) groups is 1. The van der Waals surface area contributed by atoms with Crippen LogP contribution in [0.25, 0.3) is 0 Å². The highest BCUT2D eigenvalue weighted by Gasteiger charge is 2.39. The van der Waals surface area contributed by atoms with E-state index in [1.54, 1.807) is 0 Å². The lowest BCUT2D eigenvalue weighted by Crippen LogP contribution is -2.35. The average Bonchev–Trinajstić information content (AvgIpc) is 2.31. The molecule has 0 bridgehead atoms. The van der Waals surface area contributed by atoms with Crippen LogP contribution in [-0.2, 0) is 10.2 Å². The lowest BCUT2D eigenvalue weighted by molar-refractivity contribution is -0.117. The molecule has 1 aliphatic carbocycles. The van der Waals surface area contributed by atoms with Gasteiger partial charge in [-0.1, -0.05) is 49.6 Å². The Bertz CT molecular complexity index is 339. The van der Waals surface area contributed by atoms with Crippen molar-refractivity contribution in [2.24, 2.45) is 0 Å². The minimum Gasteiger partial charge on any atom is -0.280 e. The fourth-order valence-electron chi connectivity index (χ4n) is 2.51. The first kappa shape index (κ1) is 10.7. The van der Waals surface area contributed by atoms with Crippen LogP contribution in [0, 0.1) is 0 Å². The van der Waals surface area contributed by atoms with Gasteiger partial charge in [-0.2, -0.15) is 0 Å². The Morgan fingerprint density at radius 1 is 1.07 bits per heavy atom. The maximum atomic E-state index is 11.7. The largest absolute Gasteiger partial charge is 0.280 e. The molecule has 0 aliphatic heterocycles. The molecule has 1 aromatic carbocycles. The molecule has 0 amide bonds. The van der Waals surface area contributed by atoms with Crippen molar-refractivity contribution < 1.29 is 4.79 Å². The third-order valence-corrected chi connectivity index (χ3v) is 3.77. The molecule has 15 heavy (non-hydrogen) atoms. The van der Waals surface area contributed by atoms with Crippen LogP contribution < -0.4 is 0 Å². The van der Waals surface area contributed by atoms with Gasteiger partial charge in [-0.05, 0) is 30.0 Å². The third-order valence-electron chi connectivity index (χ3n) is 3.41. The van der Waals surface area contributed by atoms with Crippen molar-refractivity contribution in [2.75, 3.05) is 0 Å². The van der Waals surface area contributed by atoms with Gasteiger partial charge in [0.05, 0.1) is 5.41 Å². The number of halogens is 1. The molecule has 1 aromatic rings. The number of hydrogen-bond acceptors (Lipinski definition) is 1. The Morgan fingerprint density at radius 2 is 1.67 bits per heavy atom. The molecule has 0 atom stereocenters. The van der Waals surface area contributed by atoms with Crippen molar-refractivity contribution in [1.29, 1.82) is 0 Å². The van der Waals surface area contributed by atoms with Crippen molar-refractivity contribution >= 4 is 16.8 Å². The second-order valence-corrected chi connectivity index (χ2v) is 4.63. The molecule has 2 rings (SSSR count). The normalized spacial score (nSPS) is 19.8. The lowest BCUT2D eigenvalue weighted by atomic mass is 9.70. The van der Waals surface area contributed by atoms with Crippen LogP contribution in [0.1, 0.15) is 37.7 Å². The highest BCUT2D eigenvalue weighted by molar-refractivity contribution is 6.65. The van der Waals surface area contributed by atoms with E-state index >= 15 is 0 Å². The zero-order valence-corrected chi connectivity index (χ0v) is 9.46. The summed E-state index contributed by atoms with van der Waals surface area (Å²) in [6, 6.07) is 9.97.